The molecule has 20 atom stereocenters. The summed E-state index contributed by atoms with van der Waals surface area (Å²) in [5.74, 6) is -2.41. The van der Waals surface area contributed by atoms with Crippen molar-refractivity contribution in [1.82, 2.24) is 10.6 Å². The van der Waals surface area contributed by atoms with Crippen molar-refractivity contribution in [3.05, 3.63) is 0 Å². The van der Waals surface area contributed by atoms with E-state index >= 15 is 0 Å². The van der Waals surface area contributed by atoms with E-state index in [0.717, 1.165) is 58.5 Å². The van der Waals surface area contributed by atoms with Gasteiger partial charge in [-0.25, -0.2) is 0 Å². The van der Waals surface area contributed by atoms with Gasteiger partial charge in [0.25, 0.3) is 5.91 Å². The van der Waals surface area contributed by atoms with Crippen molar-refractivity contribution in [3.63, 3.8) is 0 Å². The maximum Gasteiger partial charge on any atom is 0.308 e. The number of hydrogen-bond donors (Lipinski definition) is 11. The van der Waals surface area contributed by atoms with Gasteiger partial charge in [0.15, 0.2) is 12.4 Å². The molecule has 1 saturated heterocycles. The molecule has 3 amide bonds. The first-order valence-corrected chi connectivity index (χ1v) is 21.8. The molecule has 0 bridgehead atoms. The Balaban J connectivity index is 1.18. The predicted octanol–water partition coefficient (Wildman–Crippen LogP) is -1.24. The molecule has 5 fully saturated rings. The molecule has 344 valence electrons. The highest BCUT2D eigenvalue weighted by Gasteiger charge is 2.63. The summed E-state index contributed by atoms with van der Waals surface area (Å²) in [6, 6.07) is -1.64. The molecule has 0 aromatic rings. The number of nitrogens with one attached hydrogen (secondary N) is 2. The summed E-state index contributed by atoms with van der Waals surface area (Å²) in [5.41, 5.74) is -0.235. The Labute approximate surface area is 351 Å². The van der Waals surface area contributed by atoms with Gasteiger partial charge in [-0.05, 0) is 111 Å². The summed E-state index contributed by atoms with van der Waals surface area (Å²) in [6.07, 6.45) is -10.5. The fraction of sp³-hybridized carbons (Fsp3) is 0.905. The number of esters is 1. The quantitative estimate of drug-likeness (QED) is 0.0810. The lowest BCUT2D eigenvalue weighted by Crippen LogP contribution is -2.61. The van der Waals surface area contributed by atoms with Crippen LogP contribution in [0.3, 0.4) is 0 Å². The van der Waals surface area contributed by atoms with Crippen LogP contribution in [0.2, 0.25) is 0 Å². The highest BCUT2D eigenvalue weighted by molar-refractivity contribution is 6.02. The molecule has 5 rings (SSSR count). The third-order valence-corrected chi connectivity index (χ3v) is 15.7. The fourth-order valence-corrected chi connectivity index (χ4v) is 12.1. The van der Waals surface area contributed by atoms with E-state index in [4.69, 9.17) is 9.47 Å². The van der Waals surface area contributed by atoms with Crippen LogP contribution in [0.1, 0.15) is 105 Å². The van der Waals surface area contributed by atoms with Crippen LogP contribution < -0.4 is 10.6 Å². The van der Waals surface area contributed by atoms with Crippen molar-refractivity contribution >= 4 is 23.7 Å². The lowest BCUT2D eigenvalue weighted by Gasteiger charge is -2.62. The summed E-state index contributed by atoms with van der Waals surface area (Å²) in [4.78, 5) is 52.1. The third-order valence-electron chi connectivity index (χ3n) is 15.7. The standard InChI is InChI=1S/C42H70N2O16/c1-6-28-32(51)33(52)36(55)40(59-28)60-37(27(47)18-45)34(53)35(54)39(57)44-38(56)26(17-31(50)58-5)43-30(49)12-7-19(2)23-10-11-24-22-9-8-20-15-21(46)13-14-41(20,3)25(22)16-29(48)42(23,24)4/h19-29,32-37,40,45-48,51-55H,6-18H2,1-5H3,(H,43,49)(H,44,56,57)/t19?,20?,21-,22?,23?,24?,25?,26?,27?,28?,29+,32-,33?,34?,35?,36-,37?,40-,41?,42?/m1/s1. The van der Waals surface area contributed by atoms with Gasteiger partial charge in [-0.15, -0.1) is 0 Å². The zero-order valence-corrected chi connectivity index (χ0v) is 35.5. The molecule has 18 heteroatoms. The van der Waals surface area contributed by atoms with Crippen LogP contribution in [0.4, 0.5) is 0 Å². The molecule has 1 aliphatic heterocycles. The SMILES string of the molecule is CCC1O[C@H](OC(C(O)CO)C(O)C(O)C(=O)NC(=O)C(CC(=O)OC)NC(=O)CCC(C)C2CCC3C4CCC5C[C@H](O)CCC5(C)C4C[C@H](O)C23C)[C@H](O)C(O)[C@@H]1O. The van der Waals surface area contributed by atoms with Gasteiger partial charge in [-0.3, -0.25) is 24.5 Å². The number of aliphatic hydroxyl groups excluding tert-OH is 9. The van der Waals surface area contributed by atoms with Crippen LogP contribution in [-0.2, 0) is 33.4 Å². The van der Waals surface area contributed by atoms with Gasteiger partial charge in [-0.2, -0.15) is 0 Å². The molecule has 0 spiro atoms. The molecule has 1 heterocycles. The van der Waals surface area contributed by atoms with E-state index in [-0.39, 0.29) is 41.6 Å². The predicted molar refractivity (Wildman–Crippen MR) is 210 cm³/mol. The van der Waals surface area contributed by atoms with Gasteiger partial charge in [-0.1, -0.05) is 27.7 Å². The number of methoxy groups -OCH3 is 1. The van der Waals surface area contributed by atoms with Crippen LogP contribution in [0, 0.1) is 46.3 Å². The molecular weight excluding hydrogens is 788 g/mol. The molecule has 60 heavy (non-hydrogen) atoms. The van der Waals surface area contributed by atoms with E-state index in [0.29, 0.717) is 30.1 Å². The van der Waals surface area contributed by atoms with Gasteiger partial charge < -0.3 is 65.5 Å². The number of hydrogen-bond acceptors (Lipinski definition) is 16. The Morgan fingerprint density at radius 3 is 2.23 bits per heavy atom. The van der Waals surface area contributed by atoms with Crippen molar-refractivity contribution < 1.29 is 79.3 Å². The van der Waals surface area contributed by atoms with E-state index < -0.39 is 104 Å². The van der Waals surface area contributed by atoms with Gasteiger partial charge in [0, 0.05) is 6.42 Å². The molecule has 15 unspecified atom stereocenters. The molecule has 0 aromatic carbocycles. The largest absolute Gasteiger partial charge is 0.469 e. The first-order chi connectivity index (χ1) is 28.2. The van der Waals surface area contributed by atoms with E-state index in [1.165, 1.54) is 0 Å². The summed E-state index contributed by atoms with van der Waals surface area (Å²) in [5, 5.41) is 99.1. The second-order valence-electron chi connectivity index (χ2n) is 18.9. The van der Waals surface area contributed by atoms with Crippen molar-refractivity contribution in [2.75, 3.05) is 13.7 Å². The van der Waals surface area contributed by atoms with Gasteiger partial charge in [0.2, 0.25) is 11.8 Å². The first kappa shape index (κ1) is 48.7. The second-order valence-corrected chi connectivity index (χ2v) is 18.9. The maximum atomic E-state index is 13.4. The van der Waals surface area contributed by atoms with Gasteiger partial charge in [0.05, 0.1) is 38.4 Å². The Bertz CT molecular complexity index is 1500. The number of aliphatic hydroxyl groups is 9. The van der Waals surface area contributed by atoms with E-state index in [1.807, 2.05) is 5.32 Å². The first-order valence-electron chi connectivity index (χ1n) is 21.8. The minimum atomic E-state index is -2.52. The van der Waals surface area contributed by atoms with E-state index in [9.17, 15) is 65.1 Å². The van der Waals surface area contributed by atoms with Crippen molar-refractivity contribution in [3.8, 4) is 0 Å². The zero-order chi connectivity index (χ0) is 44.4. The Morgan fingerprint density at radius 2 is 1.58 bits per heavy atom. The molecule has 18 nitrogen and oxygen atoms in total. The monoisotopic (exact) mass is 858 g/mol. The molecule has 11 N–H and O–H groups in total. The zero-order valence-electron chi connectivity index (χ0n) is 35.5. The minimum absolute atomic E-state index is 0.0190. The number of imide groups is 1. The van der Waals surface area contributed by atoms with Crippen LogP contribution in [0.25, 0.3) is 0 Å². The Kier molecular flexibility index (Phi) is 16.2. The average Bonchev–Trinajstić information content (AvgIpc) is 3.59. The average molecular weight is 859 g/mol. The lowest BCUT2D eigenvalue weighted by molar-refractivity contribution is -0.323. The Morgan fingerprint density at radius 1 is 0.883 bits per heavy atom. The molecule has 0 aromatic heterocycles. The normalized spacial score (nSPS) is 40.6. The molecular formula is C42H70N2O16. The number of carbonyl (C=O) groups excluding carboxylic acids is 4. The molecule has 0 radical (unpaired) electrons. The highest BCUT2D eigenvalue weighted by Crippen LogP contribution is 2.68. The Hall–Kier alpha value is -2.36. The number of carbonyl (C=O) groups is 4. The highest BCUT2D eigenvalue weighted by atomic mass is 16.7. The van der Waals surface area contributed by atoms with E-state index in [2.05, 4.69) is 30.8 Å². The lowest BCUT2D eigenvalue weighted by atomic mass is 9.43. The van der Waals surface area contributed by atoms with Crippen LogP contribution in [0.15, 0.2) is 0 Å². The maximum absolute atomic E-state index is 13.4. The number of fused-ring (bicyclic) bond motifs is 5. The van der Waals surface area contributed by atoms with Gasteiger partial charge >= 0.3 is 5.97 Å². The van der Waals surface area contributed by atoms with Crippen molar-refractivity contribution in [2.45, 2.75) is 178 Å². The van der Waals surface area contributed by atoms with Crippen LogP contribution >= 0.6 is 0 Å². The van der Waals surface area contributed by atoms with Crippen LogP contribution in [0.5, 0.6) is 0 Å². The van der Waals surface area contributed by atoms with Crippen molar-refractivity contribution in [2.24, 2.45) is 46.3 Å². The van der Waals surface area contributed by atoms with Crippen molar-refractivity contribution in [1.29, 1.82) is 0 Å². The van der Waals surface area contributed by atoms with Gasteiger partial charge in [0.1, 0.15) is 42.7 Å². The van der Waals surface area contributed by atoms with Crippen LogP contribution in [-0.4, -0.2) is 157 Å². The summed E-state index contributed by atoms with van der Waals surface area (Å²) < 4.78 is 15.5. The molecule has 5 aliphatic rings. The fourth-order valence-electron chi connectivity index (χ4n) is 12.1. The molecule has 4 aliphatic carbocycles. The molecule has 4 saturated carbocycles. The number of rotatable bonds is 16. The topological polar surface area (TPSA) is 302 Å². The number of amides is 3. The van der Waals surface area contributed by atoms with E-state index in [1.54, 1.807) is 6.92 Å². The summed E-state index contributed by atoms with van der Waals surface area (Å²) in [6.45, 7) is 7.17. The number of ether oxygens (including phenoxy) is 3. The smallest absolute Gasteiger partial charge is 0.308 e. The second kappa shape index (κ2) is 20.0. The summed E-state index contributed by atoms with van der Waals surface area (Å²) in [7, 11) is 1.07. The summed E-state index contributed by atoms with van der Waals surface area (Å²) >= 11 is 0. The minimum Gasteiger partial charge on any atom is -0.469 e. The third kappa shape index (κ3) is 9.73.